The van der Waals surface area contributed by atoms with Crippen molar-refractivity contribution in [2.45, 2.75) is 25.9 Å². The maximum absolute atomic E-state index is 12.7. The zero-order valence-electron chi connectivity index (χ0n) is 14.4. The SMILES string of the molecule is CC(C)Oc1ccc(-c2noc(C3C=Nc4ccccc4C3=O)n2)cc1. The number of rotatable bonds is 4. The summed E-state index contributed by atoms with van der Waals surface area (Å²) in [6.07, 6.45) is 1.67. The predicted molar refractivity (Wildman–Crippen MR) is 97.2 cm³/mol. The largest absolute Gasteiger partial charge is 0.491 e. The first-order valence-electron chi connectivity index (χ1n) is 8.40. The van der Waals surface area contributed by atoms with E-state index in [0.29, 0.717) is 17.1 Å². The fourth-order valence-corrected chi connectivity index (χ4v) is 2.79. The summed E-state index contributed by atoms with van der Waals surface area (Å²) in [6.45, 7) is 3.94. The van der Waals surface area contributed by atoms with Gasteiger partial charge in [-0.3, -0.25) is 9.79 Å². The molecule has 130 valence electrons. The molecule has 0 spiro atoms. The lowest BCUT2D eigenvalue weighted by Crippen LogP contribution is -2.18. The molecule has 1 aromatic heterocycles. The van der Waals surface area contributed by atoms with Gasteiger partial charge in [0.15, 0.2) is 5.78 Å². The summed E-state index contributed by atoms with van der Waals surface area (Å²) in [4.78, 5) is 21.4. The number of carbonyl (C=O) groups is 1. The molecule has 0 aliphatic carbocycles. The smallest absolute Gasteiger partial charge is 0.243 e. The van der Waals surface area contributed by atoms with Crippen LogP contribution < -0.4 is 4.74 Å². The maximum Gasteiger partial charge on any atom is 0.243 e. The Bertz CT molecular complexity index is 974. The molecule has 1 aliphatic heterocycles. The van der Waals surface area contributed by atoms with Crippen molar-refractivity contribution >= 4 is 17.7 Å². The van der Waals surface area contributed by atoms with E-state index in [1.54, 1.807) is 18.3 Å². The lowest BCUT2D eigenvalue weighted by atomic mass is 9.94. The minimum absolute atomic E-state index is 0.0912. The Labute approximate surface area is 150 Å². The highest BCUT2D eigenvalue weighted by molar-refractivity contribution is 6.15. The molecule has 6 heteroatoms. The quantitative estimate of drug-likeness (QED) is 0.706. The van der Waals surface area contributed by atoms with Gasteiger partial charge in [-0.15, -0.1) is 0 Å². The molecule has 4 rings (SSSR count). The molecular weight excluding hydrogens is 330 g/mol. The number of aliphatic imine (C=N–C) groups is 1. The average molecular weight is 347 g/mol. The van der Waals surface area contributed by atoms with Gasteiger partial charge in [-0.1, -0.05) is 17.3 Å². The fraction of sp³-hybridized carbons (Fsp3) is 0.200. The second-order valence-corrected chi connectivity index (χ2v) is 6.28. The number of ketones is 1. The third kappa shape index (κ3) is 3.01. The van der Waals surface area contributed by atoms with Gasteiger partial charge in [-0.2, -0.15) is 4.98 Å². The number of aromatic nitrogens is 2. The van der Waals surface area contributed by atoms with E-state index in [1.807, 2.05) is 50.2 Å². The molecule has 1 aliphatic rings. The van der Waals surface area contributed by atoms with Gasteiger partial charge in [0.2, 0.25) is 11.7 Å². The second kappa shape index (κ2) is 6.55. The summed E-state index contributed by atoms with van der Waals surface area (Å²) < 4.78 is 11.0. The van der Waals surface area contributed by atoms with Crippen LogP contribution in [0.15, 0.2) is 58.0 Å². The molecule has 3 aromatic rings. The van der Waals surface area contributed by atoms with Crippen molar-refractivity contribution in [2.24, 2.45) is 4.99 Å². The van der Waals surface area contributed by atoms with Crippen LogP contribution in [0.25, 0.3) is 11.4 Å². The Morgan fingerprint density at radius 2 is 1.85 bits per heavy atom. The summed E-state index contributed by atoms with van der Waals surface area (Å²) in [7, 11) is 0. The molecule has 0 fully saturated rings. The Balaban J connectivity index is 1.58. The second-order valence-electron chi connectivity index (χ2n) is 6.28. The normalized spacial score (nSPS) is 16.0. The molecule has 2 heterocycles. The molecular formula is C20H17N3O3. The van der Waals surface area contributed by atoms with Gasteiger partial charge < -0.3 is 9.26 Å². The molecule has 1 unspecified atom stereocenters. The summed E-state index contributed by atoms with van der Waals surface area (Å²) >= 11 is 0. The molecule has 26 heavy (non-hydrogen) atoms. The number of ether oxygens (including phenoxy) is 1. The number of para-hydroxylation sites is 1. The summed E-state index contributed by atoms with van der Waals surface area (Å²) in [5, 5.41) is 4.00. The van der Waals surface area contributed by atoms with Crippen LogP contribution in [0, 0.1) is 0 Å². The zero-order chi connectivity index (χ0) is 18.1. The minimum Gasteiger partial charge on any atom is -0.491 e. The van der Waals surface area contributed by atoms with Crippen LogP contribution in [0.3, 0.4) is 0 Å². The molecule has 0 radical (unpaired) electrons. The van der Waals surface area contributed by atoms with Crippen molar-refractivity contribution in [1.29, 1.82) is 0 Å². The van der Waals surface area contributed by atoms with Gasteiger partial charge in [0, 0.05) is 17.3 Å². The molecule has 2 aromatic carbocycles. The highest BCUT2D eigenvalue weighted by Gasteiger charge is 2.30. The number of fused-ring (bicyclic) bond motifs is 1. The van der Waals surface area contributed by atoms with Gasteiger partial charge in [-0.05, 0) is 50.2 Å². The van der Waals surface area contributed by atoms with Crippen molar-refractivity contribution in [2.75, 3.05) is 0 Å². The van der Waals surface area contributed by atoms with Crippen molar-refractivity contribution < 1.29 is 14.1 Å². The summed E-state index contributed by atoms with van der Waals surface area (Å²) in [6, 6.07) is 14.7. The van der Waals surface area contributed by atoms with Gasteiger partial charge in [0.05, 0.1) is 11.8 Å². The van der Waals surface area contributed by atoms with Crippen LogP contribution in [0.2, 0.25) is 0 Å². The monoisotopic (exact) mass is 347 g/mol. The maximum atomic E-state index is 12.7. The third-order valence-corrected chi connectivity index (χ3v) is 4.01. The number of hydrogen-bond donors (Lipinski definition) is 0. The van der Waals surface area contributed by atoms with E-state index in [2.05, 4.69) is 15.1 Å². The topological polar surface area (TPSA) is 77.6 Å². The van der Waals surface area contributed by atoms with E-state index in [0.717, 1.165) is 11.3 Å². The van der Waals surface area contributed by atoms with Crippen molar-refractivity contribution in [3.8, 4) is 17.1 Å². The summed E-state index contributed by atoms with van der Waals surface area (Å²) in [5.74, 6) is 0.696. The zero-order valence-corrected chi connectivity index (χ0v) is 14.4. The number of hydrogen-bond acceptors (Lipinski definition) is 6. The molecule has 0 amide bonds. The van der Waals surface area contributed by atoms with Crippen molar-refractivity contribution in [3.63, 3.8) is 0 Å². The molecule has 0 bridgehead atoms. The Morgan fingerprint density at radius 1 is 1.08 bits per heavy atom. The average Bonchev–Trinajstić information content (AvgIpc) is 3.12. The standard InChI is InChI=1S/C20H17N3O3/c1-12(2)25-14-9-7-13(8-10-14)19-22-20(26-23-19)16-11-21-17-6-4-3-5-15(17)18(16)24/h3-12,16H,1-2H3. The first kappa shape index (κ1) is 16.2. The predicted octanol–water partition coefficient (Wildman–Crippen LogP) is 4.21. The van der Waals surface area contributed by atoms with E-state index in [1.165, 1.54) is 0 Å². The first-order chi connectivity index (χ1) is 12.6. The van der Waals surface area contributed by atoms with Crippen molar-refractivity contribution in [3.05, 3.63) is 60.0 Å². The minimum atomic E-state index is -0.658. The molecule has 0 saturated heterocycles. The highest BCUT2D eigenvalue weighted by Crippen LogP contribution is 2.31. The van der Waals surface area contributed by atoms with E-state index in [9.17, 15) is 4.79 Å². The van der Waals surface area contributed by atoms with Crippen LogP contribution in [0.4, 0.5) is 5.69 Å². The van der Waals surface area contributed by atoms with E-state index in [4.69, 9.17) is 9.26 Å². The lowest BCUT2D eigenvalue weighted by molar-refractivity contribution is 0.0971. The number of Topliss-reactive ketones (excluding diaryl/α,β-unsaturated/α-hetero) is 1. The van der Waals surface area contributed by atoms with Crippen LogP contribution in [-0.2, 0) is 0 Å². The van der Waals surface area contributed by atoms with Gasteiger partial charge >= 0.3 is 0 Å². The molecule has 0 saturated carbocycles. The van der Waals surface area contributed by atoms with Gasteiger partial charge in [0.1, 0.15) is 11.7 Å². The lowest BCUT2D eigenvalue weighted by Gasteiger charge is -2.13. The third-order valence-electron chi connectivity index (χ3n) is 4.01. The number of nitrogens with zero attached hydrogens (tertiary/aromatic N) is 3. The highest BCUT2D eigenvalue weighted by atomic mass is 16.5. The Hall–Kier alpha value is -3.28. The van der Waals surface area contributed by atoms with Gasteiger partial charge in [-0.25, -0.2) is 0 Å². The molecule has 6 nitrogen and oxygen atoms in total. The Morgan fingerprint density at radius 3 is 2.62 bits per heavy atom. The van der Waals surface area contributed by atoms with Crippen LogP contribution in [-0.4, -0.2) is 28.2 Å². The number of benzene rings is 2. The van der Waals surface area contributed by atoms with E-state index < -0.39 is 5.92 Å². The van der Waals surface area contributed by atoms with Crippen molar-refractivity contribution in [1.82, 2.24) is 10.1 Å². The molecule has 1 atom stereocenters. The molecule has 0 N–H and O–H groups in total. The number of carbonyl (C=O) groups excluding carboxylic acids is 1. The van der Waals surface area contributed by atoms with Crippen LogP contribution in [0.5, 0.6) is 5.75 Å². The van der Waals surface area contributed by atoms with Gasteiger partial charge in [0.25, 0.3) is 0 Å². The Kier molecular flexibility index (Phi) is 4.08. The summed E-state index contributed by atoms with van der Waals surface area (Å²) in [5.41, 5.74) is 2.01. The first-order valence-corrected chi connectivity index (χ1v) is 8.40. The van der Waals surface area contributed by atoms with Crippen LogP contribution >= 0.6 is 0 Å². The van der Waals surface area contributed by atoms with E-state index in [-0.39, 0.29) is 17.8 Å². The van der Waals surface area contributed by atoms with Crippen LogP contribution in [0.1, 0.15) is 36.0 Å². The fourth-order valence-electron chi connectivity index (χ4n) is 2.79. The van der Waals surface area contributed by atoms with E-state index >= 15 is 0 Å².